The molecule has 2 rings (SSSR count). The molecule has 0 radical (unpaired) electrons. The minimum Gasteiger partial charge on any atom is -0.395 e. The SMILES string of the molecule is OCCNCCN[C@@H](Cc1ccc(Cl)cc1)c1ccccc1. The van der Waals surface area contributed by atoms with Crippen molar-refractivity contribution in [2.45, 2.75) is 12.5 Å². The van der Waals surface area contributed by atoms with Crippen LogP contribution in [0.3, 0.4) is 0 Å². The number of aliphatic hydroxyl groups is 1. The van der Waals surface area contributed by atoms with Crippen LogP contribution in [0.5, 0.6) is 0 Å². The van der Waals surface area contributed by atoms with Crippen LogP contribution in [0.2, 0.25) is 5.02 Å². The Labute approximate surface area is 137 Å². The average molecular weight is 319 g/mol. The molecule has 0 aromatic heterocycles. The molecule has 2 aromatic rings. The summed E-state index contributed by atoms with van der Waals surface area (Å²) in [4.78, 5) is 0. The number of hydrogen-bond acceptors (Lipinski definition) is 3. The Morgan fingerprint density at radius 2 is 1.64 bits per heavy atom. The molecule has 0 bridgehead atoms. The Kier molecular flexibility index (Phi) is 7.40. The third kappa shape index (κ3) is 5.78. The van der Waals surface area contributed by atoms with Gasteiger partial charge in [0.15, 0.2) is 0 Å². The van der Waals surface area contributed by atoms with Gasteiger partial charge < -0.3 is 15.7 Å². The van der Waals surface area contributed by atoms with E-state index < -0.39 is 0 Å². The van der Waals surface area contributed by atoms with Crippen molar-refractivity contribution in [1.29, 1.82) is 0 Å². The number of aliphatic hydroxyl groups excluding tert-OH is 1. The average Bonchev–Trinajstić information content (AvgIpc) is 2.56. The lowest BCUT2D eigenvalue weighted by Gasteiger charge is -2.20. The van der Waals surface area contributed by atoms with Gasteiger partial charge in [-0.25, -0.2) is 0 Å². The van der Waals surface area contributed by atoms with E-state index in [-0.39, 0.29) is 12.6 Å². The molecule has 0 spiro atoms. The summed E-state index contributed by atoms with van der Waals surface area (Å²) in [6, 6.07) is 18.7. The lowest BCUT2D eigenvalue weighted by molar-refractivity contribution is 0.292. The Morgan fingerprint density at radius 1 is 0.909 bits per heavy atom. The second-order valence-electron chi connectivity index (χ2n) is 5.22. The van der Waals surface area contributed by atoms with Gasteiger partial charge in [-0.3, -0.25) is 0 Å². The van der Waals surface area contributed by atoms with Crippen LogP contribution in [0.1, 0.15) is 17.2 Å². The molecule has 22 heavy (non-hydrogen) atoms. The summed E-state index contributed by atoms with van der Waals surface area (Å²) >= 11 is 5.95. The monoisotopic (exact) mass is 318 g/mol. The van der Waals surface area contributed by atoms with Crippen molar-refractivity contribution in [1.82, 2.24) is 10.6 Å². The van der Waals surface area contributed by atoms with E-state index in [1.807, 2.05) is 18.2 Å². The van der Waals surface area contributed by atoms with Crippen molar-refractivity contribution in [2.24, 2.45) is 0 Å². The fourth-order valence-corrected chi connectivity index (χ4v) is 2.51. The maximum Gasteiger partial charge on any atom is 0.0555 e. The second kappa shape index (κ2) is 9.59. The van der Waals surface area contributed by atoms with Gasteiger partial charge in [-0.05, 0) is 29.7 Å². The van der Waals surface area contributed by atoms with Crippen molar-refractivity contribution < 1.29 is 5.11 Å². The van der Waals surface area contributed by atoms with Crippen LogP contribution in [0.15, 0.2) is 54.6 Å². The van der Waals surface area contributed by atoms with Crippen molar-refractivity contribution in [3.63, 3.8) is 0 Å². The van der Waals surface area contributed by atoms with Crippen LogP contribution >= 0.6 is 11.6 Å². The zero-order valence-electron chi connectivity index (χ0n) is 12.6. The van der Waals surface area contributed by atoms with Gasteiger partial charge >= 0.3 is 0 Å². The summed E-state index contributed by atoms with van der Waals surface area (Å²) in [7, 11) is 0. The second-order valence-corrected chi connectivity index (χ2v) is 5.66. The highest BCUT2D eigenvalue weighted by Gasteiger charge is 2.11. The predicted molar refractivity (Wildman–Crippen MR) is 92.3 cm³/mol. The molecule has 1 atom stereocenters. The molecular weight excluding hydrogens is 296 g/mol. The minimum atomic E-state index is 0.174. The normalized spacial score (nSPS) is 12.3. The van der Waals surface area contributed by atoms with Crippen molar-refractivity contribution in [3.8, 4) is 0 Å². The Morgan fingerprint density at radius 3 is 2.32 bits per heavy atom. The Balaban J connectivity index is 1.97. The van der Waals surface area contributed by atoms with Crippen molar-refractivity contribution >= 4 is 11.6 Å². The first-order valence-corrected chi connectivity index (χ1v) is 8.02. The van der Waals surface area contributed by atoms with Gasteiger partial charge in [0.05, 0.1) is 6.61 Å². The molecule has 3 nitrogen and oxygen atoms in total. The van der Waals surface area contributed by atoms with E-state index in [1.54, 1.807) is 0 Å². The van der Waals surface area contributed by atoms with Crippen LogP contribution in [0.4, 0.5) is 0 Å². The van der Waals surface area contributed by atoms with E-state index in [1.165, 1.54) is 11.1 Å². The molecule has 3 N–H and O–H groups in total. The number of rotatable bonds is 9. The Hall–Kier alpha value is -1.39. The van der Waals surface area contributed by atoms with Gasteiger partial charge in [0.1, 0.15) is 0 Å². The van der Waals surface area contributed by atoms with Crippen LogP contribution in [0.25, 0.3) is 0 Å². The molecule has 118 valence electrons. The van der Waals surface area contributed by atoms with Crippen LogP contribution in [-0.4, -0.2) is 31.3 Å². The first-order valence-electron chi connectivity index (χ1n) is 7.64. The smallest absolute Gasteiger partial charge is 0.0555 e. The van der Waals surface area contributed by atoms with Crippen LogP contribution in [0, 0.1) is 0 Å². The third-order valence-electron chi connectivity index (χ3n) is 3.54. The first kappa shape index (κ1) is 17.0. The summed E-state index contributed by atoms with van der Waals surface area (Å²) in [5.74, 6) is 0. The van der Waals surface area contributed by atoms with Gasteiger partial charge in [-0.15, -0.1) is 0 Å². The molecule has 0 unspecified atom stereocenters. The predicted octanol–water partition coefficient (Wildman–Crippen LogP) is 2.80. The summed E-state index contributed by atoms with van der Waals surface area (Å²) in [5, 5.41) is 16.3. The minimum absolute atomic E-state index is 0.174. The van der Waals surface area contributed by atoms with Gasteiger partial charge in [0.25, 0.3) is 0 Å². The fraction of sp³-hybridized carbons (Fsp3) is 0.333. The summed E-state index contributed by atoms with van der Waals surface area (Å²) in [6.45, 7) is 2.50. The summed E-state index contributed by atoms with van der Waals surface area (Å²) in [6.07, 6.45) is 0.918. The van der Waals surface area contributed by atoms with Gasteiger partial charge in [0.2, 0.25) is 0 Å². The molecule has 0 saturated carbocycles. The highest BCUT2D eigenvalue weighted by molar-refractivity contribution is 6.30. The van der Waals surface area contributed by atoms with E-state index in [0.717, 1.165) is 24.5 Å². The van der Waals surface area contributed by atoms with E-state index in [0.29, 0.717) is 6.54 Å². The zero-order valence-corrected chi connectivity index (χ0v) is 13.4. The topological polar surface area (TPSA) is 44.3 Å². The number of nitrogens with one attached hydrogen (secondary N) is 2. The van der Waals surface area contributed by atoms with Crippen molar-refractivity contribution in [2.75, 3.05) is 26.2 Å². The molecule has 0 aliphatic heterocycles. The fourth-order valence-electron chi connectivity index (χ4n) is 2.39. The highest BCUT2D eigenvalue weighted by atomic mass is 35.5. The van der Waals surface area contributed by atoms with Crippen LogP contribution in [-0.2, 0) is 6.42 Å². The van der Waals surface area contributed by atoms with Crippen LogP contribution < -0.4 is 10.6 Å². The summed E-state index contributed by atoms with van der Waals surface area (Å²) in [5.41, 5.74) is 2.54. The number of benzene rings is 2. The molecule has 0 aliphatic carbocycles. The van der Waals surface area contributed by atoms with E-state index in [9.17, 15) is 0 Å². The maximum atomic E-state index is 8.78. The molecule has 0 saturated heterocycles. The van der Waals surface area contributed by atoms with Gasteiger partial charge in [-0.2, -0.15) is 0 Å². The zero-order chi connectivity index (χ0) is 15.6. The van der Waals surface area contributed by atoms with Crippen molar-refractivity contribution in [3.05, 3.63) is 70.7 Å². The number of halogens is 1. The Bertz CT molecular complexity index is 531. The third-order valence-corrected chi connectivity index (χ3v) is 3.79. The first-order chi connectivity index (χ1) is 10.8. The molecule has 0 fully saturated rings. The molecule has 4 heteroatoms. The van der Waals surface area contributed by atoms with E-state index >= 15 is 0 Å². The molecular formula is C18H23ClN2O. The largest absolute Gasteiger partial charge is 0.395 e. The van der Waals surface area contributed by atoms with E-state index in [4.69, 9.17) is 16.7 Å². The van der Waals surface area contributed by atoms with E-state index in [2.05, 4.69) is 47.0 Å². The quantitative estimate of drug-likeness (QED) is 0.623. The molecule has 0 amide bonds. The molecule has 2 aromatic carbocycles. The lowest BCUT2D eigenvalue weighted by atomic mass is 9.99. The highest BCUT2D eigenvalue weighted by Crippen LogP contribution is 2.19. The maximum absolute atomic E-state index is 8.78. The lowest BCUT2D eigenvalue weighted by Crippen LogP contribution is -2.32. The molecule has 0 aliphatic rings. The van der Waals surface area contributed by atoms with Gasteiger partial charge in [0, 0.05) is 30.7 Å². The summed E-state index contributed by atoms with van der Waals surface area (Å²) < 4.78 is 0. The standard InChI is InChI=1S/C18H23ClN2O/c19-17-8-6-15(7-9-17)14-18(16-4-2-1-3-5-16)21-11-10-20-12-13-22/h1-9,18,20-22H,10-14H2/t18-/m0/s1. The molecule has 0 heterocycles. The van der Waals surface area contributed by atoms with Gasteiger partial charge in [-0.1, -0.05) is 54.1 Å². The number of hydrogen-bond donors (Lipinski definition) is 3.